The lowest BCUT2D eigenvalue weighted by Gasteiger charge is -2.23. The Hall–Kier alpha value is -3.00. The SMILES string of the molecule is CC(=O)c1ccc(NC(=O)C2(CC(=O)O)CC(c3ccc(Br)cc3)=NO2)cc1. The molecule has 1 aliphatic rings. The fourth-order valence-corrected chi connectivity index (χ4v) is 3.11. The molecule has 1 aliphatic heterocycles. The zero-order valence-corrected chi connectivity index (χ0v) is 16.5. The normalized spacial score (nSPS) is 18.1. The van der Waals surface area contributed by atoms with Gasteiger partial charge in [-0.15, -0.1) is 0 Å². The van der Waals surface area contributed by atoms with Gasteiger partial charge >= 0.3 is 5.97 Å². The predicted octanol–water partition coefficient (Wildman–Crippen LogP) is 3.63. The summed E-state index contributed by atoms with van der Waals surface area (Å²) in [5.74, 6) is -1.87. The van der Waals surface area contributed by atoms with E-state index in [1.807, 2.05) is 24.3 Å². The van der Waals surface area contributed by atoms with Gasteiger partial charge in [0.05, 0.1) is 12.1 Å². The summed E-state index contributed by atoms with van der Waals surface area (Å²) in [5.41, 5.74) is 0.537. The van der Waals surface area contributed by atoms with Crippen LogP contribution in [0.3, 0.4) is 0 Å². The fraction of sp³-hybridized carbons (Fsp3) is 0.200. The summed E-state index contributed by atoms with van der Waals surface area (Å²) in [5, 5.41) is 15.9. The number of benzene rings is 2. The van der Waals surface area contributed by atoms with Gasteiger partial charge in [-0.05, 0) is 48.9 Å². The Morgan fingerprint density at radius 3 is 2.36 bits per heavy atom. The summed E-state index contributed by atoms with van der Waals surface area (Å²) in [4.78, 5) is 41.0. The lowest BCUT2D eigenvalue weighted by molar-refractivity contribution is -0.152. The van der Waals surface area contributed by atoms with E-state index in [0.717, 1.165) is 10.0 Å². The van der Waals surface area contributed by atoms with Gasteiger partial charge in [-0.2, -0.15) is 0 Å². The summed E-state index contributed by atoms with van der Waals surface area (Å²) in [7, 11) is 0. The number of ketones is 1. The molecule has 2 aromatic rings. The summed E-state index contributed by atoms with van der Waals surface area (Å²) in [6.07, 6.45) is -0.508. The molecular formula is C20H17BrN2O5. The number of rotatable bonds is 6. The first-order valence-electron chi connectivity index (χ1n) is 8.44. The van der Waals surface area contributed by atoms with E-state index in [1.54, 1.807) is 24.3 Å². The van der Waals surface area contributed by atoms with E-state index in [-0.39, 0.29) is 12.2 Å². The second-order valence-electron chi connectivity index (χ2n) is 6.47. The number of halogens is 1. The number of carbonyl (C=O) groups is 3. The molecule has 0 spiro atoms. The van der Waals surface area contributed by atoms with Gasteiger partial charge in [-0.3, -0.25) is 14.4 Å². The highest BCUT2D eigenvalue weighted by Crippen LogP contribution is 2.32. The summed E-state index contributed by atoms with van der Waals surface area (Å²) in [6.45, 7) is 1.45. The van der Waals surface area contributed by atoms with Crippen LogP contribution in [-0.2, 0) is 14.4 Å². The molecule has 2 aromatic carbocycles. The zero-order valence-electron chi connectivity index (χ0n) is 14.9. The quantitative estimate of drug-likeness (QED) is 0.661. The van der Waals surface area contributed by atoms with Crippen molar-refractivity contribution in [3.05, 3.63) is 64.1 Å². The number of amides is 1. The summed E-state index contributed by atoms with van der Waals surface area (Å²) >= 11 is 3.35. The molecule has 2 N–H and O–H groups in total. The first-order chi connectivity index (χ1) is 13.3. The number of carbonyl (C=O) groups excluding carboxylic acids is 2. The van der Waals surface area contributed by atoms with Crippen LogP contribution >= 0.6 is 15.9 Å². The summed E-state index contributed by atoms with van der Waals surface area (Å²) in [6, 6.07) is 13.6. The Bertz CT molecular complexity index is 954. The topological polar surface area (TPSA) is 105 Å². The van der Waals surface area contributed by atoms with E-state index in [9.17, 15) is 19.5 Å². The van der Waals surface area contributed by atoms with Gasteiger partial charge in [-0.25, -0.2) is 0 Å². The molecule has 7 nitrogen and oxygen atoms in total. The van der Waals surface area contributed by atoms with Crippen molar-refractivity contribution in [1.82, 2.24) is 0 Å². The minimum absolute atomic E-state index is 0.0261. The number of carboxylic acid groups (broad SMARTS) is 1. The van der Waals surface area contributed by atoms with Crippen LogP contribution in [0, 0.1) is 0 Å². The molecule has 0 bridgehead atoms. The number of Topliss-reactive ketones (excluding diaryl/α,β-unsaturated/α-hetero) is 1. The van der Waals surface area contributed by atoms with Gasteiger partial charge in [0, 0.05) is 22.1 Å². The number of nitrogens with zero attached hydrogens (tertiary/aromatic N) is 1. The van der Waals surface area contributed by atoms with Gasteiger partial charge in [0.1, 0.15) is 0 Å². The van der Waals surface area contributed by atoms with E-state index < -0.39 is 23.9 Å². The van der Waals surface area contributed by atoms with Crippen molar-refractivity contribution in [2.45, 2.75) is 25.4 Å². The molecule has 1 unspecified atom stereocenters. The molecule has 28 heavy (non-hydrogen) atoms. The molecule has 0 saturated heterocycles. The van der Waals surface area contributed by atoms with E-state index in [2.05, 4.69) is 26.4 Å². The van der Waals surface area contributed by atoms with E-state index in [4.69, 9.17) is 4.84 Å². The molecule has 0 aromatic heterocycles. The fourth-order valence-electron chi connectivity index (χ4n) is 2.85. The van der Waals surface area contributed by atoms with E-state index in [1.165, 1.54) is 6.92 Å². The van der Waals surface area contributed by atoms with Crippen molar-refractivity contribution in [2.24, 2.45) is 5.16 Å². The van der Waals surface area contributed by atoms with Gasteiger partial charge in [0.25, 0.3) is 5.91 Å². The van der Waals surface area contributed by atoms with Crippen LogP contribution in [0.2, 0.25) is 0 Å². The number of hydrogen-bond acceptors (Lipinski definition) is 5. The van der Waals surface area contributed by atoms with Crippen molar-refractivity contribution in [3.63, 3.8) is 0 Å². The van der Waals surface area contributed by atoms with E-state index >= 15 is 0 Å². The van der Waals surface area contributed by atoms with Gasteiger partial charge in [0.2, 0.25) is 5.60 Å². The predicted molar refractivity (Wildman–Crippen MR) is 106 cm³/mol. The molecule has 0 radical (unpaired) electrons. The van der Waals surface area contributed by atoms with Crippen LogP contribution in [0.5, 0.6) is 0 Å². The molecule has 0 fully saturated rings. The average Bonchev–Trinajstić information content (AvgIpc) is 3.07. The van der Waals surface area contributed by atoms with Crippen molar-refractivity contribution in [2.75, 3.05) is 5.32 Å². The Kier molecular flexibility index (Phi) is 5.60. The highest BCUT2D eigenvalue weighted by Gasteiger charge is 2.48. The van der Waals surface area contributed by atoms with Crippen LogP contribution in [0.1, 0.15) is 35.7 Å². The monoisotopic (exact) mass is 444 g/mol. The first-order valence-corrected chi connectivity index (χ1v) is 9.24. The number of aliphatic carboxylic acids is 1. The minimum Gasteiger partial charge on any atom is -0.481 e. The minimum atomic E-state index is -1.65. The Balaban J connectivity index is 1.80. The zero-order chi connectivity index (χ0) is 20.3. The number of nitrogens with one attached hydrogen (secondary N) is 1. The van der Waals surface area contributed by atoms with Crippen LogP contribution in [0.15, 0.2) is 58.2 Å². The molecule has 1 heterocycles. The average molecular weight is 445 g/mol. The maximum atomic E-state index is 12.9. The van der Waals surface area contributed by atoms with Crippen molar-refractivity contribution >= 4 is 45.0 Å². The molecule has 3 rings (SSSR count). The molecule has 144 valence electrons. The number of anilines is 1. The Labute approximate surface area is 169 Å². The third kappa shape index (κ3) is 4.28. The molecular weight excluding hydrogens is 428 g/mol. The standard InChI is InChI=1S/C20H17BrN2O5/c1-12(24)13-4-8-16(9-5-13)22-19(27)20(11-18(25)26)10-17(23-28-20)14-2-6-15(21)7-3-14/h2-9H,10-11H2,1H3,(H,22,27)(H,25,26). The summed E-state index contributed by atoms with van der Waals surface area (Å²) < 4.78 is 0.888. The van der Waals surface area contributed by atoms with Crippen molar-refractivity contribution in [3.8, 4) is 0 Å². The van der Waals surface area contributed by atoms with Gasteiger partial charge in [0.15, 0.2) is 5.78 Å². The third-order valence-corrected chi connectivity index (χ3v) is 4.89. The number of carboxylic acids is 1. The molecule has 1 atom stereocenters. The molecule has 1 amide bonds. The first kappa shape index (κ1) is 19.8. The third-order valence-electron chi connectivity index (χ3n) is 4.36. The molecule has 0 aliphatic carbocycles. The lowest BCUT2D eigenvalue weighted by Crippen LogP contribution is -2.45. The van der Waals surface area contributed by atoms with Crippen LogP contribution in [0.25, 0.3) is 0 Å². The lowest BCUT2D eigenvalue weighted by atomic mass is 9.90. The number of oxime groups is 1. The second kappa shape index (κ2) is 7.93. The smallest absolute Gasteiger partial charge is 0.308 e. The van der Waals surface area contributed by atoms with Crippen LogP contribution in [0.4, 0.5) is 5.69 Å². The largest absolute Gasteiger partial charge is 0.481 e. The Morgan fingerprint density at radius 2 is 1.79 bits per heavy atom. The Morgan fingerprint density at radius 1 is 1.14 bits per heavy atom. The highest BCUT2D eigenvalue weighted by atomic mass is 79.9. The molecule has 0 saturated carbocycles. The van der Waals surface area contributed by atoms with Crippen LogP contribution < -0.4 is 5.32 Å². The molecule has 8 heteroatoms. The number of hydrogen-bond donors (Lipinski definition) is 2. The van der Waals surface area contributed by atoms with Gasteiger partial charge in [-0.1, -0.05) is 33.2 Å². The van der Waals surface area contributed by atoms with Crippen molar-refractivity contribution < 1.29 is 24.3 Å². The second-order valence-corrected chi connectivity index (χ2v) is 7.38. The maximum Gasteiger partial charge on any atom is 0.308 e. The van der Waals surface area contributed by atoms with Crippen molar-refractivity contribution in [1.29, 1.82) is 0 Å². The maximum absolute atomic E-state index is 12.9. The highest BCUT2D eigenvalue weighted by molar-refractivity contribution is 9.10. The van der Waals surface area contributed by atoms with Crippen LogP contribution in [-0.4, -0.2) is 34.1 Å². The van der Waals surface area contributed by atoms with E-state index in [0.29, 0.717) is 17.0 Å². The van der Waals surface area contributed by atoms with Gasteiger partial charge < -0.3 is 15.3 Å².